The molecule has 1 aromatic heterocycles. The first-order valence-electron chi connectivity index (χ1n) is 5.21. The van der Waals surface area contributed by atoms with E-state index in [-0.39, 0.29) is 0 Å². The van der Waals surface area contributed by atoms with Gasteiger partial charge in [0.2, 0.25) is 0 Å². The largest absolute Gasteiger partial charge is 0.354 e. The van der Waals surface area contributed by atoms with Crippen LogP contribution in [0.3, 0.4) is 0 Å². The molecule has 0 aliphatic rings. The molecule has 3 nitrogen and oxygen atoms in total. The van der Waals surface area contributed by atoms with E-state index in [9.17, 15) is 8.78 Å². The molecule has 0 amide bonds. The van der Waals surface area contributed by atoms with Gasteiger partial charge in [-0.3, -0.25) is 4.68 Å². The number of rotatable bonds is 3. The number of hydrogen-bond donors (Lipinski definition) is 0. The van der Waals surface area contributed by atoms with E-state index >= 15 is 0 Å². The smallest absolute Gasteiger partial charge is 0.150 e. The molecule has 1 heterocycles. The molecule has 0 aliphatic heterocycles. The predicted octanol–water partition coefficient (Wildman–Crippen LogP) is 2.33. The first kappa shape index (κ1) is 11.6. The lowest BCUT2D eigenvalue weighted by Crippen LogP contribution is -2.18. The Morgan fingerprint density at radius 2 is 2.06 bits per heavy atom. The predicted molar refractivity (Wildman–Crippen MR) is 61.7 cm³/mol. The number of hydrogen-bond acceptors (Lipinski definition) is 2. The Hall–Kier alpha value is -1.91. The molecular weight excluding hydrogens is 224 g/mol. The van der Waals surface area contributed by atoms with E-state index in [1.54, 1.807) is 9.58 Å². The van der Waals surface area contributed by atoms with Gasteiger partial charge in [0, 0.05) is 44.5 Å². The lowest BCUT2D eigenvalue weighted by molar-refractivity contribution is 0.570. The van der Waals surface area contributed by atoms with Crippen LogP contribution in [0.25, 0.3) is 0 Å². The quantitative estimate of drug-likeness (QED) is 0.817. The summed E-state index contributed by atoms with van der Waals surface area (Å²) in [7, 11) is 3.63. The highest BCUT2D eigenvalue weighted by molar-refractivity contribution is 5.37. The van der Waals surface area contributed by atoms with Gasteiger partial charge < -0.3 is 4.90 Å². The minimum absolute atomic E-state index is 0.350. The zero-order valence-corrected chi connectivity index (χ0v) is 9.69. The van der Waals surface area contributed by atoms with Crippen LogP contribution < -0.4 is 4.90 Å². The van der Waals surface area contributed by atoms with Crippen LogP contribution in [0.1, 0.15) is 5.56 Å². The van der Waals surface area contributed by atoms with Gasteiger partial charge in [0.15, 0.2) is 5.82 Å². The molecule has 0 aliphatic carbocycles. The maximum atomic E-state index is 13.4. The monoisotopic (exact) mass is 237 g/mol. The van der Waals surface area contributed by atoms with Gasteiger partial charge in [-0.15, -0.1) is 0 Å². The number of halogens is 2. The summed E-state index contributed by atoms with van der Waals surface area (Å²) in [6.07, 6.45) is 1.81. The van der Waals surface area contributed by atoms with E-state index in [0.29, 0.717) is 12.1 Å². The van der Waals surface area contributed by atoms with Crippen LogP contribution in [0.5, 0.6) is 0 Å². The van der Waals surface area contributed by atoms with E-state index in [0.717, 1.165) is 11.9 Å². The normalized spacial score (nSPS) is 10.6. The fourth-order valence-electron chi connectivity index (χ4n) is 1.59. The molecule has 5 heteroatoms. The SMILES string of the molecule is CN(Cc1ccc(F)cc1F)c1ccn(C)n1. The van der Waals surface area contributed by atoms with Gasteiger partial charge in [-0.1, -0.05) is 6.07 Å². The summed E-state index contributed by atoms with van der Waals surface area (Å²) in [4.78, 5) is 1.80. The van der Waals surface area contributed by atoms with Crippen molar-refractivity contribution in [3.8, 4) is 0 Å². The van der Waals surface area contributed by atoms with Gasteiger partial charge in [-0.05, 0) is 6.07 Å². The van der Waals surface area contributed by atoms with Gasteiger partial charge in [0.1, 0.15) is 11.6 Å². The van der Waals surface area contributed by atoms with E-state index < -0.39 is 11.6 Å². The minimum atomic E-state index is -0.563. The number of anilines is 1. The van der Waals surface area contributed by atoms with Crippen LogP contribution >= 0.6 is 0 Å². The third-order valence-electron chi connectivity index (χ3n) is 2.51. The maximum absolute atomic E-state index is 13.4. The molecule has 0 bridgehead atoms. The van der Waals surface area contributed by atoms with Crippen LogP contribution in [0.2, 0.25) is 0 Å². The fourth-order valence-corrected chi connectivity index (χ4v) is 1.59. The number of aromatic nitrogens is 2. The van der Waals surface area contributed by atoms with Crippen molar-refractivity contribution >= 4 is 5.82 Å². The van der Waals surface area contributed by atoms with Crippen molar-refractivity contribution in [3.05, 3.63) is 47.7 Å². The van der Waals surface area contributed by atoms with Crippen LogP contribution in [0.4, 0.5) is 14.6 Å². The lowest BCUT2D eigenvalue weighted by Gasteiger charge is -2.16. The van der Waals surface area contributed by atoms with Crippen molar-refractivity contribution in [2.45, 2.75) is 6.54 Å². The van der Waals surface area contributed by atoms with Gasteiger partial charge in [-0.2, -0.15) is 5.10 Å². The Morgan fingerprint density at radius 3 is 2.65 bits per heavy atom. The number of aryl methyl sites for hydroxylation is 1. The van der Waals surface area contributed by atoms with Crippen molar-refractivity contribution in [2.75, 3.05) is 11.9 Å². The van der Waals surface area contributed by atoms with Crippen molar-refractivity contribution in [1.29, 1.82) is 0 Å². The Balaban J connectivity index is 2.15. The molecule has 90 valence electrons. The molecule has 0 spiro atoms. The van der Waals surface area contributed by atoms with Gasteiger partial charge in [-0.25, -0.2) is 8.78 Å². The highest BCUT2D eigenvalue weighted by Gasteiger charge is 2.09. The molecule has 0 saturated heterocycles. The molecule has 0 fully saturated rings. The summed E-state index contributed by atoms with van der Waals surface area (Å²) >= 11 is 0. The van der Waals surface area contributed by atoms with E-state index in [1.807, 2.05) is 26.4 Å². The molecule has 17 heavy (non-hydrogen) atoms. The van der Waals surface area contributed by atoms with E-state index in [2.05, 4.69) is 5.10 Å². The molecule has 2 rings (SSSR count). The average molecular weight is 237 g/mol. The van der Waals surface area contributed by atoms with Crippen LogP contribution in [-0.4, -0.2) is 16.8 Å². The minimum Gasteiger partial charge on any atom is -0.354 e. The van der Waals surface area contributed by atoms with Crippen molar-refractivity contribution in [2.24, 2.45) is 7.05 Å². The topological polar surface area (TPSA) is 21.1 Å². The van der Waals surface area contributed by atoms with Gasteiger partial charge >= 0.3 is 0 Å². The van der Waals surface area contributed by atoms with Crippen LogP contribution in [0, 0.1) is 11.6 Å². The van der Waals surface area contributed by atoms with Crippen molar-refractivity contribution < 1.29 is 8.78 Å². The summed E-state index contributed by atoms with van der Waals surface area (Å²) in [5.74, 6) is -0.351. The van der Waals surface area contributed by atoms with Crippen molar-refractivity contribution in [1.82, 2.24) is 9.78 Å². The Kier molecular flexibility index (Phi) is 3.08. The molecule has 0 saturated carbocycles. The van der Waals surface area contributed by atoms with Crippen LogP contribution in [0.15, 0.2) is 30.5 Å². The standard InChI is InChI=1S/C12H13F2N3/c1-16(12-5-6-17(2)15-12)8-9-3-4-10(13)7-11(9)14/h3-7H,8H2,1-2H3. The lowest BCUT2D eigenvalue weighted by atomic mass is 10.2. The molecule has 0 atom stereocenters. The second-order valence-corrected chi connectivity index (χ2v) is 3.94. The third kappa shape index (κ3) is 2.61. The molecular formula is C12H13F2N3. The third-order valence-corrected chi connectivity index (χ3v) is 2.51. The molecule has 1 aromatic carbocycles. The van der Waals surface area contributed by atoms with Gasteiger partial charge in [0.25, 0.3) is 0 Å². The highest BCUT2D eigenvalue weighted by Crippen LogP contribution is 2.15. The summed E-state index contributed by atoms with van der Waals surface area (Å²) in [5, 5.41) is 4.20. The molecule has 2 aromatic rings. The molecule has 0 unspecified atom stereocenters. The fraction of sp³-hybridized carbons (Fsp3) is 0.250. The summed E-state index contributed by atoms with van der Waals surface area (Å²) in [5.41, 5.74) is 0.444. The Bertz CT molecular complexity index is 522. The van der Waals surface area contributed by atoms with E-state index in [1.165, 1.54) is 12.1 Å². The summed E-state index contributed by atoms with van der Waals surface area (Å²) < 4.78 is 27.9. The molecule has 0 radical (unpaired) electrons. The first-order valence-corrected chi connectivity index (χ1v) is 5.21. The first-order chi connectivity index (χ1) is 8.06. The summed E-state index contributed by atoms with van der Waals surface area (Å²) in [6.45, 7) is 0.350. The van der Waals surface area contributed by atoms with Crippen molar-refractivity contribution in [3.63, 3.8) is 0 Å². The second-order valence-electron chi connectivity index (χ2n) is 3.94. The van der Waals surface area contributed by atoms with E-state index in [4.69, 9.17) is 0 Å². The van der Waals surface area contributed by atoms with Crippen LogP contribution in [-0.2, 0) is 13.6 Å². The van der Waals surface area contributed by atoms with Gasteiger partial charge in [0.05, 0.1) is 0 Å². The summed E-state index contributed by atoms with van der Waals surface area (Å²) in [6, 6.07) is 5.43. The zero-order valence-electron chi connectivity index (χ0n) is 9.69. The highest BCUT2D eigenvalue weighted by atomic mass is 19.1. The maximum Gasteiger partial charge on any atom is 0.150 e. The number of benzene rings is 1. The Morgan fingerprint density at radius 1 is 1.29 bits per heavy atom. The average Bonchev–Trinajstić information content (AvgIpc) is 2.69. The zero-order chi connectivity index (χ0) is 12.4. The second kappa shape index (κ2) is 4.53. The number of nitrogens with zero attached hydrogens (tertiary/aromatic N) is 3. The Labute approximate surface area is 98.3 Å². The molecule has 0 N–H and O–H groups in total.